The van der Waals surface area contributed by atoms with Crippen LogP contribution in [0.5, 0.6) is 0 Å². The van der Waals surface area contributed by atoms with E-state index in [1.807, 2.05) is 42.5 Å². The van der Waals surface area contributed by atoms with Gasteiger partial charge in [0, 0.05) is 6.42 Å². The van der Waals surface area contributed by atoms with E-state index in [0.29, 0.717) is 19.3 Å². The van der Waals surface area contributed by atoms with Gasteiger partial charge >= 0.3 is 5.97 Å². The maximum absolute atomic E-state index is 11.3. The highest BCUT2D eigenvalue weighted by Gasteiger charge is 2.19. The summed E-state index contributed by atoms with van der Waals surface area (Å²) in [6.07, 6.45) is 2.34. The van der Waals surface area contributed by atoms with E-state index in [0.717, 1.165) is 22.6 Å². The van der Waals surface area contributed by atoms with Crippen molar-refractivity contribution in [3.63, 3.8) is 0 Å². The first-order valence-electron chi connectivity index (χ1n) is 6.37. The van der Waals surface area contributed by atoms with E-state index in [2.05, 4.69) is 0 Å². The third-order valence-corrected chi connectivity index (χ3v) is 3.29. The van der Waals surface area contributed by atoms with E-state index in [4.69, 9.17) is 0 Å². The molecule has 1 N–H and O–H groups in total. The van der Waals surface area contributed by atoms with Crippen LogP contribution in [0.2, 0.25) is 0 Å². The van der Waals surface area contributed by atoms with Crippen LogP contribution in [0.4, 0.5) is 0 Å². The average molecular weight is 256 g/mol. The zero-order chi connectivity index (χ0) is 13.7. The Kier molecular flexibility index (Phi) is 4.29. The summed E-state index contributed by atoms with van der Waals surface area (Å²) in [5, 5.41) is 11.5. The molecule has 0 saturated heterocycles. The molecule has 0 amide bonds. The highest BCUT2D eigenvalue weighted by molar-refractivity contribution is 5.85. The van der Waals surface area contributed by atoms with E-state index in [9.17, 15) is 14.7 Å². The SMILES string of the molecule is O=CCCCC(C(=O)O)c1ccc2ccccc2c1. The van der Waals surface area contributed by atoms with Crippen molar-refractivity contribution in [1.29, 1.82) is 0 Å². The second-order valence-corrected chi connectivity index (χ2v) is 4.59. The van der Waals surface area contributed by atoms with E-state index >= 15 is 0 Å². The van der Waals surface area contributed by atoms with Gasteiger partial charge in [0.1, 0.15) is 6.29 Å². The molecule has 2 aromatic carbocycles. The zero-order valence-electron chi connectivity index (χ0n) is 10.6. The third-order valence-electron chi connectivity index (χ3n) is 3.29. The number of unbranched alkanes of at least 4 members (excludes halogenated alkanes) is 1. The Morgan fingerprint density at radius 2 is 1.89 bits per heavy atom. The molecular weight excluding hydrogens is 240 g/mol. The van der Waals surface area contributed by atoms with Crippen molar-refractivity contribution in [2.24, 2.45) is 0 Å². The molecule has 98 valence electrons. The van der Waals surface area contributed by atoms with Crippen molar-refractivity contribution >= 4 is 23.0 Å². The van der Waals surface area contributed by atoms with Crippen molar-refractivity contribution in [3.05, 3.63) is 48.0 Å². The second kappa shape index (κ2) is 6.14. The smallest absolute Gasteiger partial charge is 0.310 e. The molecule has 0 aliphatic heterocycles. The van der Waals surface area contributed by atoms with Gasteiger partial charge in [0.25, 0.3) is 0 Å². The molecular formula is C16H16O3. The summed E-state index contributed by atoms with van der Waals surface area (Å²) in [5.74, 6) is -1.37. The lowest BCUT2D eigenvalue weighted by atomic mass is 9.92. The van der Waals surface area contributed by atoms with Gasteiger partial charge in [0.05, 0.1) is 5.92 Å². The fourth-order valence-corrected chi connectivity index (χ4v) is 2.26. The number of carbonyl (C=O) groups is 2. The highest BCUT2D eigenvalue weighted by atomic mass is 16.4. The van der Waals surface area contributed by atoms with Gasteiger partial charge in [-0.3, -0.25) is 4.79 Å². The molecule has 1 unspecified atom stereocenters. The van der Waals surface area contributed by atoms with E-state index < -0.39 is 11.9 Å². The summed E-state index contributed by atoms with van der Waals surface area (Å²) in [6, 6.07) is 13.6. The van der Waals surface area contributed by atoms with E-state index in [-0.39, 0.29) is 0 Å². The molecule has 0 aliphatic rings. The molecule has 2 aromatic rings. The number of rotatable bonds is 6. The average Bonchev–Trinajstić information content (AvgIpc) is 2.43. The number of benzene rings is 2. The van der Waals surface area contributed by atoms with Crippen molar-refractivity contribution < 1.29 is 14.7 Å². The normalized spacial score (nSPS) is 12.2. The molecule has 0 fully saturated rings. The van der Waals surface area contributed by atoms with Crippen LogP contribution >= 0.6 is 0 Å². The number of aliphatic carboxylic acids is 1. The largest absolute Gasteiger partial charge is 0.481 e. The zero-order valence-corrected chi connectivity index (χ0v) is 10.6. The fourth-order valence-electron chi connectivity index (χ4n) is 2.26. The summed E-state index contributed by atoms with van der Waals surface area (Å²) in [6.45, 7) is 0. The monoisotopic (exact) mass is 256 g/mol. The maximum atomic E-state index is 11.3. The first kappa shape index (κ1) is 13.3. The highest BCUT2D eigenvalue weighted by Crippen LogP contribution is 2.26. The van der Waals surface area contributed by atoms with Gasteiger partial charge in [-0.2, -0.15) is 0 Å². The first-order chi connectivity index (χ1) is 9.22. The molecule has 3 heteroatoms. The number of aldehydes is 1. The van der Waals surface area contributed by atoms with Gasteiger partial charge in [-0.15, -0.1) is 0 Å². The number of carbonyl (C=O) groups excluding carboxylic acids is 1. The Hall–Kier alpha value is -2.16. The topological polar surface area (TPSA) is 54.4 Å². The molecule has 0 spiro atoms. The minimum Gasteiger partial charge on any atom is -0.481 e. The first-order valence-corrected chi connectivity index (χ1v) is 6.37. The Balaban J connectivity index is 2.27. The minimum absolute atomic E-state index is 0.414. The number of hydrogen-bond acceptors (Lipinski definition) is 2. The van der Waals surface area contributed by atoms with Crippen molar-refractivity contribution in [1.82, 2.24) is 0 Å². The lowest BCUT2D eigenvalue weighted by Crippen LogP contribution is -2.11. The summed E-state index contributed by atoms with van der Waals surface area (Å²) >= 11 is 0. The molecule has 0 heterocycles. The number of fused-ring (bicyclic) bond motifs is 1. The van der Waals surface area contributed by atoms with Crippen LogP contribution in [0.1, 0.15) is 30.7 Å². The molecule has 1 atom stereocenters. The fraction of sp³-hybridized carbons (Fsp3) is 0.250. The molecule has 0 aliphatic carbocycles. The molecule has 3 nitrogen and oxygen atoms in total. The van der Waals surface area contributed by atoms with Gasteiger partial charge in [0.15, 0.2) is 0 Å². The quantitative estimate of drug-likeness (QED) is 0.636. The van der Waals surface area contributed by atoms with Gasteiger partial charge in [-0.05, 0) is 29.2 Å². The van der Waals surface area contributed by atoms with Crippen LogP contribution in [0, 0.1) is 0 Å². The van der Waals surface area contributed by atoms with Crippen LogP contribution in [0.25, 0.3) is 10.8 Å². The Morgan fingerprint density at radius 3 is 2.58 bits per heavy atom. The Morgan fingerprint density at radius 1 is 1.16 bits per heavy atom. The van der Waals surface area contributed by atoms with Crippen LogP contribution in [0.3, 0.4) is 0 Å². The minimum atomic E-state index is -0.832. The van der Waals surface area contributed by atoms with Crippen LogP contribution in [0.15, 0.2) is 42.5 Å². The van der Waals surface area contributed by atoms with Crippen LogP contribution in [-0.4, -0.2) is 17.4 Å². The predicted octanol–water partition coefficient (Wildman–Crippen LogP) is 3.38. The summed E-state index contributed by atoms with van der Waals surface area (Å²) in [7, 11) is 0. The van der Waals surface area contributed by atoms with Crippen molar-refractivity contribution in [2.75, 3.05) is 0 Å². The Bertz CT molecular complexity index is 589. The lowest BCUT2D eigenvalue weighted by molar-refractivity contribution is -0.139. The van der Waals surface area contributed by atoms with Crippen molar-refractivity contribution in [3.8, 4) is 0 Å². The molecule has 0 saturated carbocycles. The predicted molar refractivity (Wildman–Crippen MR) is 74.2 cm³/mol. The molecule has 0 aromatic heterocycles. The summed E-state index contributed by atoms with van der Waals surface area (Å²) in [5.41, 5.74) is 0.803. The number of carboxylic acid groups (broad SMARTS) is 1. The van der Waals surface area contributed by atoms with E-state index in [1.165, 1.54) is 0 Å². The van der Waals surface area contributed by atoms with Gasteiger partial charge in [-0.25, -0.2) is 0 Å². The number of carboxylic acids is 1. The third kappa shape index (κ3) is 3.19. The maximum Gasteiger partial charge on any atom is 0.310 e. The Labute approximate surface area is 111 Å². The second-order valence-electron chi connectivity index (χ2n) is 4.59. The van der Waals surface area contributed by atoms with E-state index in [1.54, 1.807) is 0 Å². The molecule has 0 bridgehead atoms. The summed E-state index contributed by atoms with van der Waals surface area (Å²) in [4.78, 5) is 21.7. The van der Waals surface area contributed by atoms with Gasteiger partial charge < -0.3 is 9.90 Å². The molecule has 19 heavy (non-hydrogen) atoms. The van der Waals surface area contributed by atoms with Crippen LogP contribution in [-0.2, 0) is 9.59 Å². The van der Waals surface area contributed by atoms with Gasteiger partial charge in [-0.1, -0.05) is 42.5 Å². The summed E-state index contributed by atoms with van der Waals surface area (Å²) < 4.78 is 0. The lowest BCUT2D eigenvalue weighted by Gasteiger charge is -2.12. The standard InChI is InChI=1S/C16H16O3/c17-10-4-3-7-15(16(18)19)14-9-8-12-5-1-2-6-13(12)11-14/h1-2,5-6,8-11,15H,3-4,7H2,(H,18,19). The molecule has 0 radical (unpaired) electrons. The number of hydrogen-bond donors (Lipinski definition) is 1. The van der Waals surface area contributed by atoms with Gasteiger partial charge in [0.2, 0.25) is 0 Å². The van der Waals surface area contributed by atoms with Crippen molar-refractivity contribution in [2.45, 2.75) is 25.2 Å². The molecule has 2 rings (SSSR count). The van der Waals surface area contributed by atoms with Crippen LogP contribution < -0.4 is 0 Å².